The predicted octanol–water partition coefficient (Wildman–Crippen LogP) is 3.36. The SMILES string of the molecule is CC[C@H](C)OCc1c(Br)cnn1C(F)F. The molecular formula is C9H13BrF2N2O. The molecule has 3 nitrogen and oxygen atoms in total. The summed E-state index contributed by atoms with van der Waals surface area (Å²) in [5.41, 5.74) is 0.366. The van der Waals surface area contributed by atoms with Gasteiger partial charge in [0.15, 0.2) is 0 Å². The summed E-state index contributed by atoms with van der Waals surface area (Å²) in [6, 6.07) is 0. The number of rotatable bonds is 5. The van der Waals surface area contributed by atoms with E-state index in [4.69, 9.17) is 4.74 Å². The molecule has 1 aromatic heterocycles. The van der Waals surface area contributed by atoms with Crippen molar-refractivity contribution in [2.24, 2.45) is 0 Å². The third-order valence-electron chi connectivity index (χ3n) is 2.11. The van der Waals surface area contributed by atoms with E-state index in [9.17, 15) is 8.78 Å². The molecule has 1 atom stereocenters. The molecule has 15 heavy (non-hydrogen) atoms. The number of nitrogens with zero attached hydrogens (tertiary/aromatic N) is 2. The van der Waals surface area contributed by atoms with Gasteiger partial charge in [0.1, 0.15) is 0 Å². The van der Waals surface area contributed by atoms with Crippen molar-refractivity contribution in [2.45, 2.75) is 39.5 Å². The molecule has 6 heteroatoms. The highest BCUT2D eigenvalue weighted by atomic mass is 79.9. The van der Waals surface area contributed by atoms with Gasteiger partial charge in [0.05, 0.1) is 29.1 Å². The van der Waals surface area contributed by atoms with Gasteiger partial charge in [-0.2, -0.15) is 13.9 Å². The van der Waals surface area contributed by atoms with Gasteiger partial charge in [-0.3, -0.25) is 0 Å². The summed E-state index contributed by atoms with van der Waals surface area (Å²) in [7, 11) is 0. The lowest BCUT2D eigenvalue weighted by Crippen LogP contribution is -2.11. The molecular weight excluding hydrogens is 270 g/mol. The Morgan fingerprint density at radius 1 is 1.60 bits per heavy atom. The third-order valence-corrected chi connectivity index (χ3v) is 2.77. The number of aromatic nitrogens is 2. The quantitative estimate of drug-likeness (QED) is 0.828. The van der Waals surface area contributed by atoms with Crippen LogP contribution in [0.25, 0.3) is 0 Å². The first kappa shape index (κ1) is 12.6. The first-order valence-electron chi connectivity index (χ1n) is 4.67. The standard InChI is InChI=1S/C9H13BrF2N2O/c1-3-6(2)15-5-8-7(10)4-13-14(8)9(11)12/h4,6,9H,3,5H2,1-2H3/t6-/m0/s1. The minimum Gasteiger partial charge on any atom is -0.372 e. The molecule has 1 heterocycles. The molecule has 0 saturated heterocycles. The van der Waals surface area contributed by atoms with E-state index in [0.29, 0.717) is 14.8 Å². The van der Waals surface area contributed by atoms with Crippen LogP contribution in [0.15, 0.2) is 10.7 Å². The molecule has 1 aromatic rings. The molecule has 0 fully saturated rings. The van der Waals surface area contributed by atoms with Gasteiger partial charge in [-0.25, -0.2) is 4.68 Å². The van der Waals surface area contributed by atoms with Crippen molar-refractivity contribution in [1.82, 2.24) is 9.78 Å². The monoisotopic (exact) mass is 282 g/mol. The summed E-state index contributed by atoms with van der Waals surface area (Å²) in [4.78, 5) is 0. The minimum atomic E-state index is -2.63. The Balaban J connectivity index is 2.70. The van der Waals surface area contributed by atoms with Gasteiger partial charge in [-0.1, -0.05) is 6.92 Å². The number of halogens is 3. The molecule has 0 unspecified atom stereocenters. The summed E-state index contributed by atoms with van der Waals surface area (Å²) in [6.45, 7) is 1.38. The van der Waals surface area contributed by atoms with Crippen molar-refractivity contribution >= 4 is 15.9 Å². The van der Waals surface area contributed by atoms with E-state index in [0.717, 1.165) is 6.42 Å². The van der Waals surface area contributed by atoms with Crippen molar-refractivity contribution in [3.05, 3.63) is 16.4 Å². The largest absolute Gasteiger partial charge is 0.372 e. The highest BCUT2D eigenvalue weighted by Gasteiger charge is 2.16. The summed E-state index contributed by atoms with van der Waals surface area (Å²) >= 11 is 3.16. The molecule has 86 valence electrons. The van der Waals surface area contributed by atoms with Gasteiger partial charge in [0.2, 0.25) is 0 Å². The molecule has 0 aliphatic rings. The Kier molecular flexibility index (Phi) is 4.66. The molecule has 0 bridgehead atoms. The summed E-state index contributed by atoms with van der Waals surface area (Å²) in [5.74, 6) is 0. The molecule has 0 aliphatic carbocycles. The Labute approximate surface area is 95.5 Å². The van der Waals surface area contributed by atoms with Crippen LogP contribution < -0.4 is 0 Å². The Morgan fingerprint density at radius 3 is 2.80 bits per heavy atom. The smallest absolute Gasteiger partial charge is 0.333 e. The second-order valence-corrected chi connectivity index (χ2v) is 4.05. The fraction of sp³-hybridized carbons (Fsp3) is 0.667. The Hall–Kier alpha value is -0.490. The van der Waals surface area contributed by atoms with Crippen LogP contribution in [0.3, 0.4) is 0 Å². The van der Waals surface area contributed by atoms with Gasteiger partial charge in [0.25, 0.3) is 0 Å². The minimum absolute atomic E-state index is 0.0536. The number of ether oxygens (including phenoxy) is 1. The zero-order valence-electron chi connectivity index (χ0n) is 8.58. The van der Waals surface area contributed by atoms with Gasteiger partial charge < -0.3 is 4.74 Å². The maximum absolute atomic E-state index is 12.5. The second-order valence-electron chi connectivity index (χ2n) is 3.19. The van der Waals surface area contributed by atoms with E-state index in [1.54, 1.807) is 0 Å². The topological polar surface area (TPSA) is 27.1 Å². The lowest BCUT2D eigenvalue weighted by Gasteiger charge is -2.12. The van der Waals surface area contributed by atoms with Crippen molar-refractivity contribution in [3.8, 4) is 0 Å². The van der Waals surface area contributed by atoms with Crippen LogP contribution in [0.2, 0.25) is 0 Å². The fourth-order valence-corrected chi connectivity index (χ4v) is 1.40. The Bertz CT molecular complexity index is 317. The third kappa shape index (κ3) is 3.24. The number of hydrogen-bond acceptors (Lipinski definition) is 2. The average molecular weight is 283 g/mol. The molecule has 0 amide bonds. The highest BCUT2D eigenvalue weighted by Crippen LogP contribution is 2.22. The molecule has 0 spiro atoms. The summed E-state index contributed by atoms with van der Waals surface area (Å²) in [6.07, 6.45) is 2.25. The van der Waals surface area contributed by atoms with Crippen LogP contribution >= 0.6 is 15.9 Å². The van der Waals surface area contributed by atoms with Gasteiger partial charge in [-0.15, -0.1) is 0 Å². The zero-order chi connectivity index (χ0) is 11.4. The molecule has 0 saturated carbocycles. The van der Waals surface area contributed by atoms with Gasteiger partial charge in [-0.05, 0) is 29.3 Å². The number of hydrogen-bond donors (Lipinski definition) is 0. The van der Waals surface area contributed by atoms with E-state index >= 15 is 0 Å². The maximum atomic E-state index is 12.5. The summed E-state index contributed by atoms with van der Waals surface area (Å²) in [5, 5.41) is 3.56. The highest BCUT2D eigenvalue weighted by molar-refractivity contribution is 9.10. The van der Waals surface area contributed by atoms with Gasteiger partial charge >= 0.3 is 6.55 Å². The van der Waals surface area contributed by atoms with Crippen molar-refractivity contribution in [1.29, 1.82) is 0 Å². The lowest BCUT2D eigenvalue weighted by atomic mass is 10.3. The second kappa shape index (κ2) is 5.55. The average Bonchev–Trinajstić information content (AvgIpc) is 2.56. The predicted molar refractivity (Wildman–Crippen MR) is 55.7 cm³/mol. The Morgan fingerprint density at radius 2 is 2.27 bits per heavy atom. The van der Waals surface area contributed by atoms with Crippen LogP contribution in [-0.4, -0.2) is 15.9 Å². The molecule has 0 radical (unpaired) electrons. The van der Waals surface area contributed by atoms with E-state index < -0.39 is 6.55 Å². The fourth-order valence-electron chi connectivity index (χ4n) is 1.01. The molecule has 0 aromatic carbocycles. The summed E-state index contributed by atoms with van der Waals surface area (Å²) < 4.78 is 31.5. The van der Waals surface area contributed by atoms with E-state index in [1.165, 1.54) is 6.20 Å². The van der Waals surface area contributed by atoms with Crippen LogP contribution in [0.4, 0.5) is 8.78 Å². The van der Waals surface area contributed by atoms with E-state index in [-0.39, 0.29) is 12.7 Å². The van der Waals surface area contributed by atoms with E-state index in [2.05, 4.69) is 21.0 Å². The maximum Gasteiger partial charge on any atom is 0.333 e. The zero-order valence-corrected chi connectivity index (χ0v) is 10.2. The molecule has 1 rings (SSSR count). The van der Waals surface area contributed by atoms with Crippen LogP contribution in [-0.2, 0) is 11.3 Å². The van der Waals surface area contributed by atoms with Gasteiger partial charge in [0, 0.05) is 0 Å². The van der Waals surface area contributed by atoms with Crippen LogP contribution in [0, 0.1) is 0 Å². The van der Waals surface area contributed by atoms with Crippen LogP contribution in [0.1, 0.15) is 32.5 Å². The van der Waals surface area contributed by atoms with Crippen molar-refractivity contribution in [2.75, 3.05) is 0 Å². The first-order valence-corrected chi connectivity index (χ1v) is 5.47. The van der Waals surface area contributed by atoms with Crippen LogP contribution in [0.5, 0.6) is 0 Å². The molecule has 0 aliphatic heterocycles. The van der Waals surface area contributed by atoms with E-state index in [1.807, 2.05) is 13.8 Å². The number of alkyl halides is 2. The lowest BCUT2D eigenvalue weighted by molar-refractivity contribution is 0.0215. The van der Waals surface area contributed by atoms with Crippen molar-refractivity contribution in [3.63, 3.8) is 0 Å². The van der Waals surface area contributed by atoms with Crippen molar-refractivity contribution < 1.29 is 13.5 Å². The molecule has 0 N–H and O–H groups in total. The first-order chi connectivity index (χ1) is 7.06. The normalized spacial score (nSPS) is 13.5.